The van der Waals surface area contributed by atoms with E-state index in [0.29, 0.717) is 32.0 Å². The third kappa shape index (κ3) is 7.35. The molecule has 31 heavy (non-hydrogen) atoms. The van der Waals surface area contributed by atoms with Gasteiger partial charge in [0.2, 0.25) is 11.8 Å². The normalized spacial score (nSPS) is 13.8. The summed E-state index contributed by atoms with van der Waals surface area (Å²) in [5.41, 5.74) is 1.09. The van der Waals surface area contributed by atoms with Crippen LogP contribution in [0.2, 0.25) is 0 Å². The Morgan fingerprint density at radius 2 is 1.77 bits per heavy atom. The van der Waals surface area contributed by atoms with E-state index in [1.165, 1.54) is 30.6 Å². The van der Waals surface area contributed by atoms with E-state index in [1.807, 2.05) is 35.2 Å². The summed E-state index contributed by atoms with van der Waals surface area (Å²) in [5.74, 6) is 0.708. The summed E-state index contributed by atoms with van der Waals surface area (Å²) in [4.78, 5) is 32.1. The van der Waals surface area contributed by atoms with Crippen LogP contribution in [-0.4, -0.2) is 34.7 Å². The maximum absolute atomic E-state index is 13.3. The maximum atomic E-state index is 13.3. The summed E-state index contributed by atoms with van der Waals surface area (Å²) in [6.45, 7) is 7.48. The minimum absolute atomic E-state index is 0.0222. The zero-order chi connectivity index (χ0) is 22.1. The Balaban J connectivity index is 1.66. The lowest BCUT2D eigenvalue weighted by Gasteiger charge is -2.27. The first kappa shape index (κ1) is 23.3. The third-order valence-corrected chi connectivity index (χ3v) is 6.97. The van der Waals surface area contributed by atoms with E-state index in [2.05, 4.69) is 25.6 Å². The topological polar surface area (TPSA) is 40.6 Å². The van der Waals surface area contributed by atoms with Crippen LogP contribution in [-0.2, 0) is 22.7 Å². The number of thiophene rings is 1. The number of rotatable bonds is 11. The fourth-order valence-corrected chi connectivity index (χ4v) is 5.16. The summed E-state index contributed by atoms with van der Waals surface area (Å²) in [7, 11) is 0. The number of carbonyl (C=O) groups is 2. The monoisotopic (exact) mass is 438 g/mol. The summed E-state index contributed by atoms with van der Waals surface area (Å²) < 4.78 is 0. The number of amides is 2. The van der Waals surface area contributed by atoms with Crippen molar-refractivity contribution >= 4 is 23.2 Å². The molecule has 1 aromatic heterocycles. The molecule has 0 unspecified atom stereocenters. The summed E-state index contributed by atoms with van der Waals surface area (Å²) >= 11 is 1.71. The summed E-state index contributed by atoms with van der Waals surface area (Å²) in [5, 5.41) is 0. The number of nitrogens with zero attached hydrogens (tertiary/aromatic N) is 2. The van der Waals surface area contributed by atoms with E-state index >= 15 is 0 Å². The highest BCUT2D eigenvalue weighted by Crippen LogP contribution is 2.28. The molecule has 0 bridgehead atoms. The van der Waals surface area contributed by atoms with Crippen LogP contribution in [0, 0.1) is 12.8 Å². The molecular formula is C26H34N2O2S. The molecule has 1 fully saturated rings. The molecule has 0 atom stereocenters. The van der Waals surface area contributed by atoms with Crippen LogP contribution in [0.15, 0.2) is 55.1 Å². The van der Waals surface area contributed by atoms with Gasteiger partial charge in [0, 0.05) is 29.3 Å². The van der Waals surface area contributed by atoms with Gasteiger partial charge in [-0.25, -0.2) is 0 Å². The van der Waals surface area contributed by atoms with Gasteiger partial charge in [0.25, 0.3) is 0 Å². The van der Waals surface area contributed by atoms with Crippen LogP contribution >= 0.6 is 11.3 Å². The molecule has 0 aliphatic heterocycles. The Morgan fingerprint density at radius 3 is 2.42 bits per heavy atom. The lowest BCUT2D eigenvalue weighted by atomic mass is 10.0. The van der Waals surface area contributed by atoms with Crippen molar-refractivity contribution in [3.05, 3.63) is 70.4 Å². The first-order valence-electron chi connectivity index (χ1n) is 11.3. The van der Waals surface area contributed by atoms with Gasteiger partial charge < -0.3 is 9.80 Å². The Kier molecular flexibility index (Phi) is 8.89. The van der Waals surface area contributed by atoms with E-state index in [4.69, 9.17) is 0 Å². The van der Waals surface area contributed by atoms with Gasteiger partial charge in [-0.05, 0) is 37.0 Å². The molecule has 5 heteroatoms. The zero-order valence-electron chi connectivity index (χ0n) is 18.6. The van der Waals surface area contributed by atoms with E-state index < -0.39 is 0 Å². The van der Waals surface area contributed by atoms with Crippen LogP contribution in [0.1, 0.15) is 53.8 Å². The largest absolute Gasteiger partial charge is 0.332 e. The standard InChI is InChI=1S/C26H34N2O2S/c1-3-17-27(25(29)16-14-22-9-7-8-10-22)20-26(30)28(18-23-11-5-4-6-12-23)19-24-15-13-21(2)31-24/h3-6,11-13,15,22H,1,7-10,14,16-20H2,2H3. The SMILES string of the molecule is C=CCN(CC(=O)N(Cc1ccccc1)Cc1ccc(C)s1)C(=O)CCC1CCCC1. The molecule has 1 heterocycles. The van der Waals surface area contributed by atoms with E-state index in [-0.39, 0.29) is 18.4 Å². The molecule has 2 amide bonds. The Labute approximate surface area is 190 Å². The smallest absolute Gasteiger partial charge is 0.242 e. The van der Waals surface area contributed by atoms with Gasteiger partial charge in [-0.3, -0.25) is 9.59 Å². The number of aryl methyl sites for hydroxylation is 1. The van der Waals surface area contributed by atoms with Gasteiger partial charge in [-0.2, -0.15) is 0 Å². The Hall–Kier alpha value is -2.40. The average Bonchev–Trinajstić information content (AvgIpc) is 3.43. The average molecular weight is 439 g/mol. The quantitative estimate of drug-likeness (QED) is 0.430. The highest BCUT2D eigenvalue weighted by atomic mass is 32.1. The van der Waals surface area contributed by atoms with E-state index in [9.17, 15) is 9.59 Å². The van der Waals surface area contributed by atoms with E-state index in [1.54, 1.807) is 22.3 Å². The molecule has 1 aliphatic carbocycles. The highest BCUT2D eigenvalue weighted by molar-refractivity contribution is 7.11. The second-order valence-corrected chi connectivity index (χ2v) is 9.87. The number of benzene rings is 1. The van der Waals surface area contributed by atoms with Crippen LogP contribution in [0.3, 0.4) is 0 Å². The predicted octanol–water partition coefficient (Wildman–Crippen LogP) is 5.57. The van der Waals surface area contributed by atoms with Crippen LogP contribution < -0.4 is 0 Å². The van der Waals surface area contributed by atoms with Crippen LogP contribution in [0.5, 0.6) is 0 Å². The van der Waals surface area contributed by atoms with Gasteiger partial charge >= 0.3 is 0 Å². The highest BCUT2D eigenvalue weighted by Gasteiger charge is 2.23. The lowest BCUT2D eigenvalue weighted by Crippen LogP contribution is -2.42. The summed E-state index contributed by atoms with van der Waals surface area (Å²) in [6, 6.07) is 14.2. The fraction of sp³-hybridized carbons (Fsp3) is 0.462. The molecule has 1 aromatic carbocycles. The van der Waals surface area contributed by atoms with Gasteiger partial charge in [-0.1, -0.05) is 62.1 Å². The van der Waals surface area contributed by atoms with Crippen molar-refractivity contribution in [2.45, 2.75) is 58.5 Å². The molecule has 1 saturated carbocycles. The van der Waals surface area contributed by atoms with Crippen molar-refractivity contribution in [3.63, 3.8) is 0 Å². The number of carbonyl (C=O) groups excluding carboxylic acids is 2. The van der Waals surface area contributed by atoms with Crippen molar-refractivity contribution in [1.29, 1.82) is 0 Å². The van der Waals surface area contributed by atoms with Gasteiger partial charge in [-0.15, -0.1) is 17.9 Å². The molecule has 4 nitrogen and oxygen atoms in total. The number of hydrogen-bond acceptors (Lipinski definition) is 3. The van der Waals surface area contributed by atoms with Crippen molar-refractivity contribution in [3.8, 4) is 0 Å². The second kappa shape index (κ2) is 11.8. The molecule has 0 radical (unpaired) electrons. The van der Waals surface area contributed by atoms with Crippen LogP contribution in [0.4, 0.5) is 0 Å². The van der Waals surface area contributed by atoms with Gasteiger partial charge in [0.1, 0.15) is 6.54 Å². The van der Waals surface area contributed by atoms with Crippen molar-refractivity contribution in [1.82, 2.24) is 9.80 Å². The molecule has 1 aliphatic rings. The van der Waals surface area contributed by atoms with Gasteiger partial charge in [0.05, 0.1) is 6.54 Å². The molecule has 3 rings (SSSR count). The molecule has 0 saturated heterocycles. The fourth-order valence-electron chi connectivity index (χ4n) is 4.25. The number of hydrogen-bond donors (Lipinski definition) is 0. The molecule has 166 valence electrons. The van der Waals surface area contributed by atoms with Crippen molar-refractivity contribution < 1.29 is 9.59 Å². The van der Waals surface area contributed by atoms with Crippen LogP contribution in [0.25, 0.3) is 0 Å². The molecule has 2 aromatic rings. The molecule has 0 spiro atoms. The minimum atomic E-state index is -0.0222. The Morgan fingerprint density at radius 1 is 1.03 bits per heavy atom. The predicted molar refractivity (Wildman–Crippen MR) is 128 cm³/mol. The van der Waals surface area contributed by atoms with Gasteiger partial charge in [0.15, 0.2) is 0 Å². The van der Waals surface area contributed by atoms with Crippen molar-refractivity contribution in [2.24, 2.45) is 5.92 Å². The second-order valence-electron chi connectivity index (χ2n) is 8.50. The third-order valence-electron chi connectivity index (χ3n) is 5.98. The summed E-state index contributed by atoms with van der Waals surface area (Å²) in [6.07, 6.45) is 8.20. The lowest BCUT2D eigenvalue weighted by molar-refractivity contribution is -0.141. The van der Waals surface area contributed by atoms with E-state index in [0.717, 1.165) is 16.9 Å². The zero-order valence-corrected chi connectivity index (χ0v) is 19.4. The first-order valence-corrected chi connectivity index (χ1v) is 12.1. The molecular weight excluding hydrogens is 404 g/mol. The van der Waals surface area contributed by atoms with Crippen molar-refractivity contribution in [2.75, 3.05) is 13.1 Å². The minimum Gasteiger partial charge on any atom is -0.332 e. The maximum Gasteiger partial charge on any atom is 0.242 e. The molecule has 0 N–H and O–H groups in total. The Bertz CT molecular complexity index is 855. The first-order chi connectivity index (χ1) is 15.0.